The lowest BCUT2D eigenvalue weighted by atomic mass is 9.90. The predicted molar refractivity (Wildman–Crippen MR) is 104 cm³/mol. The number of nitrogens with zero attached hydrogens (tertiary/aromatic N) is 1. The van der Waals surface area contributed by atoms with E-state index < -0.39 is 0 Å². The molecule has 0 saturated carbocycles. The van der Waals surface area contributed by atoms with Gasteiger partial charge in [-0.2, -0.15) is 0 Å². The lowest BCUT2D eigenvalue weighted by Crippen LogP contribution is -2.37. The van der Waals surface area contributed by atoms with Crippen LogP contribution in [-0.4, -0.2) is 18.1 Å². The number of aromatic amines is 1. The van der Waals surface area contributed by atoms with Gasteiger partial charge in [0.1, 0.15) is 5.69 Å². The Morgan fingerprint density at radius 2 is 1.80 bits per heavy atom. The number of pyridine rings is 1. The number of rotatable bonds is 3. The Morgan fingerprint density at radius 3 is 2.56 bits per heavy atom. The molecule has 0 unspecified atom stereocenters. The van der Waals surface area contributed by atoms with Gasteiger partial charge in [0.05, 0.1) is 5.52 Å². The first-order valence-corrected chi connectivity index (χ1v) is 9.12. The van der Waals surface area contributed by atoms with Crippen LogP contribution in [0, 0.1) is 12.8 Å². The van der Waals surface area contributed by atoms with Crippen molar-refractivity contribution in [2.45, 2.75) is 26.2 Å². The standard InChI is InChI=1S/C22H24N2O/c1-16-6-5-9-19-15-20(22(25)23-21(16)19)24-12-10-18(11-13-24)14-17-7-3-2-4-8-17/h2-9,15,18H,10-14H2,1H3,(H,23,25). The highest BCUT2D eigenvalue weighted by molar-refractivity contribution is 5.84. The second-order valence-corrected chi connectivity index (χ2v) is 7.14. The summed E-state index contributed by atoms with van der Waals surface area (Å²) < 4.78 is 0. The summed E-state index contributed by atoms with van der Waals surface area (Å²) in [6.07, 6.45) is 3.42. The normalized spacial score (nSPS) is 15.6. The molecule has 0 spiro atoms. The smallest absolute Gasteiger partial charge is 0.271 e. The minimum atomic E-state index is 0.0308. The molecule has 0 atom stereocenters. The summed E-state index contributed by atoms with van der Waals surface area (Å²) in [4.78, 5) is 17.9. The number of benzene rings is 2. The first-order chi connectivity index (χ1) is 12.2. The van der Waals surface area contributed by atoms with Crippen molar-refractivity contribution in [3.05, 3.63) is 76.1 Å². The molecule has 25 heavy (non-hydrogen) atoms. The summed E-state index contributed by atoms with van der Waals surface area (Å²) in [6, 6.07) is 18.9. The summed E-state index contributed by atoms with van der Waals surface area (Å²) in [7, 11) is 0. The van der Waals surface area contributed by atoms with Crippen molar-refractivity contribution in [1.82, 2.24) is 4.98 Å². The molecule has 3 nitrogen and oxygen atoms in total. The highest BCUT2D eigenvalue weighted by atomic mass is 16.1. The molecule has 0 radical (unpaired) electrons. The number of nitrogens with one attached hydrogen (secondary N) is 1. The third kappa shape index (κ3) is 3.32. The van der Waals surface area contributed by atoms with Gasteiger partial charge in [0.25, 0.3) is 5.56 Å². The molecule has 2 aromatic carbocycles. The fourth-order valence-electron chi connectivity index (χ4n) is 3.93. The summed E-state index contributed by atoms with van der Waals surface area (Å²) in [5.74, 6) is 0.709. The van der Waals surface area contributed by atoms with Gasteiger partial charge in [0.15, 0.2) is 0 Å². The van der Waals surface area contributed by atoms with Gasteiger partial charge in [0.2, 0.25) is 0 Å². The van der Waals surface area contributed by atoms with Gasteiger partial charge in [-0.1, -0.05) is 48.5 Å². The molecule has 1 N–H and O–H groups in total. The highest BCUT2D eigenvalue weighted by Crippen LogP contribution is 2.26. The highest BCUT2D eigenvalue weighted by Gasteiger charge is 2.21. The molecule has 0 bridgehead atoms. The maximum Gasteiger partial charge on any atom is 0.271 e. The van der Waals surface area contributed by atoms with E-state index in [1.165, 1.54) is 5.56 Å². The molecular formula is C22H24N2O. The van der Waals surface area contributed by atoms with Gasteiger partial charge in [-0.25, -0.2) is 0 Å². The van der Waals surface area contributed by atoms with E-state index in [0.717, 1.165) is 54.5 Å². The van der Waals surface area contributed by atoms with Crippen molar-refractivity contribution < 1.29 is 0 Å². The van der Waals surface area contributed by atoms with Gasteiger partial charge in [-0.15, -0.1) is 0 Å². The van der Waals surface area contributed by atoms with E-state index in [2.05, 4.69) is 52.3 Å². The van der Waals surface area contributed by atoms with Gasteiger partial charge >= 0.3 is 0 Å². The number of fused-ring (bicyclic) bond motifs is 1. The Balaban J connectivity index is 1.50. The molecule has 1 aliphatic heterocycles. The number of aromatic nitrogens is 1. The lowest BCUT2D eigenvalue weighted by molar-refractivity contribution is 0.403. The monoisotopic (exact) mass is 332 g/mol. The molecule has 2 heterocycles. The zero-order chi connectivity index (χ0) is 17.2. The topological polar surface area (TPSA) is 36.1 Å². The van der Waals surface area contributed by atoms with Crippen LogP contribution in [0.4, 0.5) is 5.69 Å². The van der Waals surface area contributed by atoms with E-state index in [-0.39, 0.29) is 5.56 Å². The van der Waals surface area contributed by atoms with Crippen LogP contribution in [0.5, 0.6) is 0 Å². The first-order valence-electron chi connectivity index (χ1n) is 9.12. The van der Waals surface area contributed by atoms with Gasteiger partial charge in [0, 0.05) is 18.5 Å². The molecule has 3 aromatic rings. The Morgan fingerprint density at radius 1 is 1.04 bits per heavy atom. The third-order valence-electron chi connectivity index (χ3n) is 5.39. The van der Waals surface area contributed by atoms with Crippen molar-refractivity contribution in [3.63, 3.8) is 0 Å². The van der Waals surface area contributed by atoms with Crippen molar-refractivity contribution in [2.75, 3.05) is 18.0 Å². The zero-order valence-electron chi connectivity index (χ0n) is 14.7. The molecule has 128 valence electrons. The number of hydrogen-bond acceptors (Lipinski definition) is 2. The molecule has 1 aliphatic rings. The first kappa shape index (κ1) is 15.9. The molecule has 0 aliphatic carbocycles. The average molecular weight is 332 g/mol. The lowest BCUT2D eigenvalue weighted by Gasteiger charge is -2.33. The van der Waals surface area contributed by atoms with E-state index in [4.69, 9.17) is 0 Å². The second-order valence-electron chi connectivity index (χ2n) is 7.14. The number of H-pyrrole nitrogens is 1. The van der Waals surface area contributed by atoms with Crippen molar-refractivity contribution in [2.24, 2.45) is 5.92 Å². The van der Waals surface area contributed by atoms with Crippen LogP contribution in [-0.2, 0) is 6.42 Å². The fourth-order valence-corrected chi connectivity index (χ4v) is 3.93. The van der Waals surface area contributed by atoms with Crippen molar-refractivity contribution in [1.29, 1.82) is 0 Å². The van der Waals surface area contributed by atoms with E-state index in [1.54, 1.807) is 0 Å². The van der Waals surface area contributed by atoms with E-state index in [1.807, 2.05) is 19.1 Å². The summed E-state index contributed by atoms with van der Waals surface area (Å²) in [6.45, 7) is 3.95. The minimum absolute atomic E-state index is 0.0308. The van der Waals surface area contributed by atoms with E-state index >= 15 is 0 Å². The van der Waals surface area contributed by atoms with E-state index in [0.29, 0.717) is 5.92 Å². The molecule has 1 fully saturated rings. The SMILES string of the molecule is Cc1cccc2cc(N3CCC(Cc4ccccc4)CC3)c(=O)[nH]c12. The molecular weight excluding hydrogens is 308 g/mol. The van der Waals surface area contributed by atoms with Crippen LogP contribution in [0.2, 0.25) is 0 Å². The third-order valence-corrected chi connectivity index (χ3v) is 5.39. The maximum absolute atomic E-state index is 12.6. The van der Waals surface area contributed by atoms with Crippen LogP contribution in [0.3, 0.4) is 0 Å². The number of hydrogen-bond donors (Lipinski definition) is 1. The largest absolute Gasteiger partial charge is 0.367 e. The molecule has 3 heteroatoms. The van der Waals surface area contributed by atoms with Gasteiger partial charge in [-0.3, -0.25) is 4.79 Å². The van der Waals surface area contributed by atoms with E-state index in [9.17, 15) is 4.79 Å². The molecule has 0 amide bonds. The number of aryl methyl sites for hydroxylation is 1. The van der Waals surface area contributed by atoms with Gasteiger partial charge < -0.3 is 9.88 Å². The number of anilines is 1. The van der Waals surface area contributed by atoms with Crippen LogP contribution in [0.25, 0.3) is 10.9 Å². The van der Waals surface area contributed by atoms with Crippen LogP contribution >= 0.6 is 0 Å². The Hall–Kier alpha value is -2.55. The second kappa shape index (κ2) is 6.75. The van der Waals surface area contributed by atoms with Crippen LogP contribution in [0.15, 0.2) is 59.4 Å². The number of piperidine rings is 1. The molecule has 4 rings (SSSR count). The number of para-hydroxylation sites is 1. The molecule has 1 saturated heterocycles. The fraction of sp³-hybridized carbons (Fsp3) is 0.318. The summed E-state index contributed by atoms with van der Waals surface area (Å²) in [5, 5.41) is 1.11. The van der Waals surface area contributed by atoms with Crippen LogP contribution in [0.1, 0.15) is 24.0 Å². The van der Waals surface area contributed by atoms with Crippen molar-refractivity contribution >= 4 is 16.6 Å². The van der Waals surface area contributed by atoms with Crippen molar-refractivity contribution in [3.8, 4) is 0 Å². The Labute approximate surface area is 148 Å². The summed E-state index contributed by atoms with van der Waals surface area (Å²) in [5.41, 5.74) is 4.33. The Kier molecular flexibility index (Phi) is 4.31. The Bertz CT molecular complexity index is 922. The zero-order valence-corrected chi connectivity index (χ0v) is 14.7. The van der Waals surface area contributed by atoms with Gasteiger partial charge in [-0.05, 0) is 49.3 Å². The summed E-state index contributed by atoms with van der Waals surface area (Å²) >= 11 is 0. The minimum Gasteiger partial charge on any atom is -0.367 e. The average Bonchev–Trinajstić information content (AvgIpc) is 2.64. The maximum atomic E-state index is 12.6. The quantitative estimate of drug-likeness (QED) is 0.776. The predicted octanol–water partition coefficient (Wildman–Crippen LogP) is 4.30. The molecule has 1 aromatic heterocycles. The van der Waals surface area contributed by atoms with Crippen LogP contribution < -0.4 is 10.5 Å².